The number of rotatable bonds is 7. The van der Waals surface area contributed by atoms with Gasteiger partial charge in [0.1, 0.15) is 28.5 Å². The molecule has 1 aromatic heterocycles. The van der Waals surface area contributed by atoms with E-state index in [1.807, 2.05) is 48.5 Å². The molecule has 200 valence electrons. The molecular formula is C30H29FN4O4. The van der Waals surface area contributed by atoms with Crippen molar-refractivity contribution >= 4 is 17.5 Å². The lowest BCUT2D eigenvalue weighted by molar-refractivity contribution is -0.126. The van der Waals surface area contributed by atoms with Gasteiger partial charge < -0.3 is 14.8 Å². The molecule has 8 nitrogen and oxygen atoms in total. The van der Waals surface area contributed by atoms with Gasteiger partial charge in [0.25, 0.3) is 5.91 Å². The fourth-order valence-electron chi connectivity index (χ4n) is 4.95. The predicted octanol–water partition coefficient (Wildman–Crippen LogP) is 4.75. The summed E-state index contributed by atoms with van der Waals surface area (Å²) in [5.41, 5.74) is 2.15. The van der Waals surface area contributed by atoms with Crippen molar-refractivity contribution in [2.24, 2.45) is 0 Å². The van der Waals surface area contributed by atoms with E-state index in [0.717, 1.165) is 11.1 Å². The van der Waals surface area contributed by atoms with Crippen LogP contribution in [-0.4, -0.2) is 41.4 Å². The summed E-state index contributed by atoms with van der Waals surface area (Å²) in [6.07, 6.45) is 0. The first kappa shape index (κ1) is 26.0. The van der Waals surface area contributed by atoms with Crippen LogP contribution in [0.3, 0.4) is 0 Å². The van der Waals surface area contributed by atoms with Crippen molar-refractivity contribution < 1.29 is 23.5 Å². The smallest absolute Gasteiger partial charge is 0.277 e. The molecule has 1 unspecified atom stereocenters. The van der Waals surface area contributed by atoms with Gasteiger partial charge in [0.15, 0.2) is 0 Å². The van der Waals surface area contributed by atoms with Crippen molar-refractivity contribution in [1.29, 1.82) is 0 Å². The third-order valence-corrected chi connectivity index (χ3v) is 7.06. The number of anilines is 1. The Kier molecular flexibility index (Phi) is 6.82. The number of carbonyl (C=O) groups excluding carboxylic acids is 2. The van der Waals surface area contributed by atoms with Crippen molar-refractivity contribution in [3.05, 3.63) is 95.4 Å². The van der Waals surface area contributed by atoms with Crippen LogP contribution in [-0.2, 0) is 17.9 Å². The van der Waals surface area contributed by atoms with Crippen LogP contribution in [0.25, 0.3) is 11.3 Å². The fraction of sp³-hybridized carbons (Fsp3) is 0.233. The van der Waals surface area contributed by atoms with Gasteiger partial charge >= 0.3 is 0 Å². The number of aryl methyl sites for hydroxylation is 1. The molecule has 39 heavy (non-hydrogen) atoms. The maximum atomic E-state index is 14.0. The largest absolute Gasteiger partial charge is 0.497 e. The van der Waals surface area contributed by atoms with Crippen molar-refractivity contribution in [2.45, 2.75) is 32.5 Å². The quantitative estimate of drug-likeness (QED) is 0.374. The van der Waals surface area contributed by atoms with Gasteiger partial charge in [-0.05, 0) is 74.0 Å². The minimum Gasteiger partial charge on any atom is -0.497 e. The molecule has 5 rings (SSSR count). The van der Waals surface area contributed by atoms with E-state index in [9.17, 15) is 14.0 Å². The first-order valence-corrected chi connectivity index (χ1v) is 12.5. The summed E-state index contributed by atoms with van der Waals surface area (Å²) in [6.45, 7) is 3.71. The number of para-hydroxylation sites is 1. The van der Waals surface area contributed by atoms with Crippen molar-refractivity contribution in [3.63, 3.8) is 0 Å². The Bertz CT molecular complexity index is 1550. The third kappa shape index (κ3) is 4.71. The Labute approximate surface area is 226 Å². The van der Waals surface area contributed by atoms with Gasteiger partial charge in [-0.1, -0.05) is 18.2 Å². The zero-order valence-corrected chi connectivity index (χ0v) is 22.2. The number of amides is 2. The zero-order chi connectivity index (χ0) is 27.7. The molecule has 0 bridgehead atoms. The summed E-state index contributed by atoms with van der Waals surface area (Å²) in [5, 5.41) is 7.66. The average Bonchev–Trinajstić information content (AvgIpc) is 3.37. The normalized spacial score (nSPS) is 16.5. The molecule has 0 saturated carbocycles. The van der Waals surface area contributed by atoms with E-state index in [4.69, 9.17) is 9.47 Å². The van der Waals surface area contributed by atoms with E-state index in [2.05, 4.69) is 10.4 Å². The molecule has 3 aromatic carbocycles. The minimum atomic E-state index is -1.36. The summed E-state index contributed by atoms with van der Waals surface area (Å²) in [4.78, 5) is 29.4. The second-order valence-electron chi connectivity index (χ2n) is 9.64. The molecule has 1 atom stereocenters. The highest BCUT2D eigenvalue weighted by Gasteiger charge is 2.49. The van der Waals surface area contributed by atoms with Gasteiger partial charge in [0, 0.05) is 23.4 Å². The monoisotopic (exact) mass is 528 g/mol. The second kappa shape index (κ2) is 10.2. The Morgan fingerprint density at radius 2 is 1.79 bits per heavy atom. The van der Waals surface area contributed by atoms with Gasteiger partial charge in [-0.15, -0.1) is 0 Å². The molecule has 2 heterocycles. The first-order chi connectivity index (χ1) is 18.7. The second-order valence-corrected chi connectivity index (χ2v) is 9.64. The molecule has 1 N–H and O–H groups in total. The maximum Gasteiger partial charge on any atom is 0.277 e. The SMILES string of the molecule is COc1ccc(-c2cc3n(n2)CC(C)(C(=O)NCc2ccccc2OC)N(c2ccc(F)cc2C)C3=O)cc1. The molecule has 0 aliphatic carbocycles. The number of benzene rings is 3. The van der Waals surface area contributed by atoms with E-state index < -0.39 is 17.3 Å². The van der Waals surface area contributed by atoms with Gasteiger partial charge in [-0.3, -0.25) is 19.2 Å². The molecule has 0 radical (unpaired) electrons. The van der Waals surface area contributed by atoms with Gasteiger partial charge in [-0.25, -0.2) is 4.39 Å². The number of carbonyl (C=O) groups is 2. The van der Waals surface area contributed by atoms with Crippen molar-refractivity contribution in [1.82, 2.24) is 15.1 Å². The van der Waals surface area contributed by atoms with Crippen LogP contribution in [0.1, 0.15) is 28.5 Å². The lowest BCUT2D eigenvalue weighted by atomic mass is 9.93. The van der Waals surface area contributed by atoms with Crippen LogP contribution >= 0.6 is 0 Å². The topological polar surface area (TPSA) is 85.7 Å². The van der Waals surface area contributed by atoms with Crippen LogP contribution in [0, 0.1) is 12.7 Å². The molecule has 0 fully saturated rings. The van der Waals surface area contributed by atoms with E-state index in [0.29, 0.717) is 34.1 Å². The summed E-state index contributed by atoms with van der Waals surface area (Å²) < 4.78 is 26.2. The van der Waals surface area contributed by atoms with Crippen LogP contribution in [0.5, 0.6) is 11.5 Å². The molecule has 1 aliphatic heterocycles. The number of nitrogens with one attached hydrogen (secondary N) is 1. The molecular weight excluding hydrogens is 499 g/mol. The highest BCUT2D eigenvalue weighted by molar-refractivity contribution is 6.12. The van der Waals surface area contributed by atoms with E-state index in [1.165, 1.54) is 23.1 Å². The van der Waals surface area contributed by atoms with Crippen LogP contribution in [0.15, 0.2) is 72.8 Å². The molecule has 9 heteroatoms. The molecule has 0 spiro atoms. The number of hydrogen-bond donors (Lipinski definition) is 1. The zero-order valence-electron chi connectivity index (χ0n) is 22.2. The Morgan fingerprint density at radius 3 is 2.49 bits per heavy atom. The van der Waals surface area contributed by atoms with E-state index in [-0.39, 0.29) is 19.0 Å². The number of fused-ring (bicyclic) bond motifs is 1. The number of ether oxygens (including phenoxy) is 2. The standard InChI is InChI=1S/C30H29FN4O4/c1-19-15-22(31)11-14-25(19)35-28(36)26-16-24(20-9-12-23(38-3)13-10-20)33-34(26)18-30(35,2)29(37)32-17-21-7-5-6-8-27(21)39-4/h5-16H,17-18H2,1-4H3,(H,32,37). The van der Waals surface area contributed by atoms with E-state index in [1.54, 1.807) is 38.8 Å². The number of aromatic nitrogens is 2. The lowest BCUT2D eigenvalue weighted by Gasteiger charge is -2.43. The van der Waals surface area contributed by atoms with Crippen LogP contribution < -0.4 is 19.7 Å². The molecule has 1 aliphatic rings. The van der Waals surface area contributed by atoms with Gasteiger partial charge in [-0.2, -0.15) is 5.10 Å². The fourth-order valence-corrected chi connectivity index (χ4v) is 4.95. The van der Waals surface area contributed by atoms with Gasteiger partial charge in [0.05, 0.1) is 26.5 Å². The Morgan fingerprint density at radius 1 is 1.05 bits per heavy atom. The summed E-state index contributed by atoms with van der Waals surface area (Å²) >= 11 is 0. The molecule has 4 aromatic rings. The molecule has 2 amide bonds. The predicted molar refractivity (Wildman–Crippen MR) is 145 cm³/mol. The van der Waals surface area contributed by atoms with Crippen LogP contribution in [0.4, 0.5) is 10.1 Å². The van der Waals surface area contributed by atoms with E-state index >= 15 is 0 Å². The highest BCUT2D eigenvalue weighted by atomic mass is 19.1. The maximum absolute atomic E-state index is 14.0. The first-order valence-electron chi connectivity index (χ1n) is 12.5. The number of nitrogens with zero attached hydrogens (tertiary/aromatic N) is 3. The van der Waals surface area contributed by atoms with Crippen molar-refractivity contribution in [2.75, 3.05) is 19.1 Å². The van der Waals surface area contributed by atoms with Gasteiger partial charge in [0.2, 0.25) is 5.91 Å². The summed E-state index contributed by atoms with van der Waals surface area (Å²) in [7, 11) is 3.16. The average molecular weight is 529 g/mol. The summed E-state index contributed by atoms with van der Waals surface area (Å²) in [6, 6.07) is 20.6. The number of hydrogen-bond acceptors (Lipinski definition) is 5. The van der Waals surface area contributed by atoms with Crippen molar-refractivity contribution in [3.8, 4) is 22.8 Å². The Balaban J connectivity index is 1.55. The Hall–Kier alpha value is -4.66. The lowest BCUT2D eigenvalue weighted by Crippen LogP contribution is -2.64. The number of methoxy groups -OCH3 is 2. The minimum absolute atomic E-state index is 0.0960. The third-order valence-electron chi connectivity index (χ3n) is 7.06. The molecule has 0 saturated heterocycles. The number of halogens is 1. The summed E-state index contributed by atoms with van der Waals surface area (Å²) in [5.74, 6) is 0.147. The van der Waals surface area contributed by atoms with Crippen LogP contribution in [0.2, 0.25) is 0 Å². The highest BCUT2D eigenvalue weighted by Crippen LogP contribution is 2.36.